The van der Waals surface area contributed by atoms with Gasteiger partial charge in [0.05, 0.1) is 18.8 Å². The van der Waals surface area contributed by atoms with E-state index in [0.717, 1.165) is 6.42 Å². The maximum atomic E-state index is 11.5. The summed E-state index contributed by atoms with van der Waals surface area (Å²) in [6, 6.07) is 1.98. The molecule has 0 saturated carbocycles. The summed E-state index contributed by atoms with van der Waals surface area (Å²) < 4.78 is 5.20. The van der Waals surface area contributed by atoms with Crippen LogP contribution in [0.5, 0.6) is 0 Å². The van der Waals surface area contributed by atoms with Gasteiger partial charge in [0.25, 0.3) is 0 Å². The molecule has 1 aromatic rings. The topological polar surface area (TPSA) is 78.9 Å². The fourth-order valence-electron chi connectivity index (χ4n) is 1.31. The molecule has 86 valence electrons. The zero-order valence-corrected chi connectivity index (χ0v) is 9.49. The van der Waals surface area contributed by atoms with Crippen molar-refractivity contribution >= 4 is 5.91 Å². The van der Waals surface area contributed by atoms with Crippen LogP contribution in [-0.2, 0) is 11.3 Å². The lowest BCUT2D eigenvalue weighted by Gasteiger charge is -2.07. The summed E-state index contributed by atoms with van der Waals surface area (Å²) in [6.07, 6.45) is 2.98. The smallest absolute Gasteiger partial charge is 0.237 e. The zero-order valence-electron chi connectivity index (χ0n) is 9.49. The highest BCUT2D eigenvalue weighted by molar-refractivity contribution is 5.80. The Hall–Kier alpha value is -1.83. The number of nitrogens with one attached hydrogen (secondary N) is 1. The van der Waals surface area contributed by atoms with Crippen LogP contribution in [0.15, 0.2) is 10.6 Å². The highest BCUT2D eigenvalue weighted by Crippen LogP contribution is 2.06. The number of aromatic nitrogens is 1. The third kappa shape index (κ3) is 3.39. The predicted octanol–water partition coefficient (Wildman–Crippen LogP) is 1.54. The van der Waals surface area contributed by atoms with E-state index in [2.05, 4.69) is 10.3 Å². The van der Waals surface area contributed by atoms with Gasteiger partial charge in [-0.15, -0.1) is 0 Å². The molecule has 1 N–H and O–H groups in total. The summed E-state index contributed by atoms with van der Waals surface area (Å²) in [5, 5.41) is 11.4. The molecule has 0 aliphatic heterocycles. The first-order chi connectivity index (χ1) is 7.67. The number of nitrogens with zero attached hydrogens (tertiary/aromatic N) is 2. The standard InChI is InChI=1S/C11H15N3O2/c1-3-4-9(5-12)11(15)14-7-10-13-6-8(2)16-10/h6,9H,3-4,7H2,1-2H3,(H,14,15). The van der Waals surface area contributed by atoms with Crippen molar-refractivity contribution in [1.82, 2.24) is 10.3 Å². The van der Waals surface area contributed by atoms with Gasteiger partial charge in [0.1, 0.15) is 11.7 Å². The molecule has 0 fully saturated rings. The quantitative estimate of drug-likeness (QED) is 0.817. The second kappa shape index (κ2) is 5.91. The molecule has 0 saturated heterocycles. The molecule has 0 spiro atoms. The van der Waals surface area contributed by atoms with Crippen molar-refractivity contribution in [3.05, 3.63) is 17.8 Å². The Labute approximate surface area is 94.5 Å². The van der Waals surface area contributed by atoms with E-state index in [1.807, 2.05) is 13.0 Å². The minimum absolute atomic E-state index is 0.231. The van der Waals surface area contributed by atoms with Gasteiger partial charge >= 0.3 is 0 Å². The average molecular weight is 221 g/mol. The lowest BCUT2D eigenvalue weighted by molar-refractivity contribution is -0.123. The molecule has 0 aromatic carbocycles. The van der Waals surface area contributed by atoms with Crippen LogP contribution in [0.25, 0.3) is 0 Å². The molecule has 1 heterocycles. The monoisotopic (exact) mass is 221 g/mol. The van der Waals surface area contributed by atoms with E-state index in [9.17, 15) is 4.79 Å². The number of carbonyl (C=O) groups excluding carboxylic acids is 1. The van der Waals surface area contributed by atoms with E-state index in [-0.39, 0.29) is 12.5 Å². The van der Waals surface area contributed by atoms with E-state index in [1.54, 1.807) is 13.1 Å². The molecule has 0 aliphatic carbocycles. The summed E-state index contributed by atoms with van der Waals surface area (Å²) in [4.78, 5) is 15.5. The van der Waals surface area contributed by atoms with Crippen LogP contribution in [0.4, 0.5) is 0 Å². The minimum Gasteiger partial charge on any atom is -0.444 e. The third-order valence-corrected chi connectivity index (χ3v) is 2.13. The molecule has 5 nitrogen and oxygen atoms in total. The Bertz CT molecular complexity index is 392. The van der Waals surface area contributed by atoms with E-state index < -0.39 is 5.92 Å². The maximum absolute atomic E-state index is 11.5. The number of rotatable bonds is 5. The van der Waals surface area contributed by atoms with E-state index in [4.69, 9.17) is 9.68 Å². The van der Waals surface area contributed by atoms with Crippen molar-refractivity contribution in [2.45, 2.75) is 33.2 Å². The van der Waals surface area contributed by atoms with Crippen molar-refractivity contribution in [3.63, 3.8) is 0 Å². The van der Waals surface area contributed by atoms with Crippen LogP contribution in [-0.4, -0.2) is 10.9 Å². The second-order valence-corrected chi connectivity index (χ2v) is 3.55. The molecular weight excluding hydrogens is 206 g/mol. The number of aryl methyl sites for hydroxylation is 1. The average Bonchev–Trinajstić information content (AvgIpc) is 2.68. The van der Waals surface area contributed by atoms with Crippen LogP contribution in [0.3, 0.4) is 0 Å². The third-order valence-electron chi connectivity index (χ3n) is 2.13. The first-order valence-electron chi connectivity index (χ1n) is 5.26. The zero-order chi connectivity index (χ0) is 12.0. The molecule has 0 radical (unpaired) electrons. The number of amides is 1. The van der Waals surface area contributed by atoms with Crippen molar-refractivity contribution < 1.29 is 9.21 Å². The Kier molecular flexibility index (Phi) is 4.52. The fraction of sp³-hybridized carbons (Fsp3) is 0.545. The number of hydrogen-bond acceptors (Lipinski definition) is 4. The molecule has 1 aromatic heterocycles. The largest absolute Gasteiger partial charge is 0.444 e. The summed E-state index contributed by atoms with van der Waals surface area (Å²) >= 11 is 0. The molecule has 1 rings (SSSR count). The van der Waals surface area contributed by atoms with Gasteiger partial charge < -0.3 is 9.73 Å². The molecular formula is C11H15N3O2. The van der Waals surface area contributed by atoms with E-state index in [1.165, 1.54) is 0 Å². The summed E-state index contributed by atoms with van der Waals surface area (Å²) in [5.74, 6) is 0.315. The van der Waals surface area contributed by atoms with Crippen molar-refractivity contribution in [2.75, 3.05) is 0 Å². The normalized spacial score (nSPS) is 11.8. The minimum atomic E-state index is -0.582. The van der Waals surface area contributed by atoms with Crippen LogP contribution in [0, 0.1) is 24.2 Å². The first kappa shape index (κ1) is 12.2. The highest BCUT2D eigenvalue weighted by Gasteiger charge is 2.16. The molecule has 16 heavy (non-hydrogen) atoms. The first-order valence-corrected chi connectivity index (χ1v) is 5.26. The number of hydrogen-bond donors (Lipinski definition) is 1. The fourth-order valence-corrected chi connectivity index (χ4v) is 1.31. The molecule has 1 atom stereocenters. The Balaban J connectivity index is 2.43. The van der Waals surface area contributed by atoms with Gasteiger partial charge in [-0.05, 0) is 13.3 Å². The molecule has 1 unspecified atom stereocenters. The summed E-state index contributed by atoms with van der Waals surface area (Å²) in [5.41, 5.74) is 0. The van der Waals surface area contributed by atoms with Gasteiger partial charge in [-0.25, -0.2) is 4.98 Å². The van der Waals surface area contributed by atoms with E-state index in [0.29, 0.717) is 18.1 Å². The SMILES string of the molecule is CCCC(C#N)C(=O)NCc1ncc(C)o1. The van der Waals surface area contributed by atoms with Gasteiger partial charge in [-0.3, -0.25) is 4.79 Å². The Morgan fingerprint density at radius 2 is 2.50 bits per heavy atom. The van der Waals surface area contributed by atoms with Gasteiger partial charge in [0.15, 0.2) is 0 Å². The van der Waals surface area contributed by atoms with Gasteiger partial charge in [0, 0.05) is 0 Å². The highest BCUT2D eigenvalue weighted by atomic mass is 16.4. The molecule has 1 amide bonds. The van der Waals surface area contributed by atoms with Crippen molar-refractivity contribution in [2.24, 2.45) is 5.92 Å². The van der Waals surface area contributed by atoms with Crippen molar-refractivity contribution in [1.29, 1.82) is 5.26 Å². The summed E-state index contributed by atoms with van der Waals surface area (Å²) in [6.45, 7) is 3.96. The Morgan fingerprint density at radius 3 is 3.00 bits per heavy atom. The Morgan fingerprint density at radius 1 is 1.75 bits per heavy atom. The van der Waals surface area contributed by atoms with Crippen LogP contribution < -0.4 is 5.32 Å². The van der Waals surface area contributed by atoms with Crippen LogP contribution in [0.1, 0.15) is 31.4 Å². The predicted molar refractivity (Wildman–Crippen MR) is 57.1 cm³/mol. The lowest BCUT2D eigenvalue weighted by atomic mass is 10.1. The molecule has 0 bridgehead atoms. The van der Waals surface area contributed by atoms with Gasteiger partial charge in [-0.1, -0.05) is 13.3 Å². The van der Waals surface area contributed by atoms with E-state index >= 15 is 0 Å². The van der Waals surface area contributed by atoms with Crippen LogP contribution in [0.2, 0.25) is 0 Å². The number of nitriles is 1. The van der Waals surface area contributed by atoms with Gasteiger partial charge in [-0.2, -0.15) is 5.26 Å². The lowest BCUT2D eigenvalue weighted by Crippen LogP contribution is -2.29. The molecule has 5 heteroatoms. The second-order valence-electron chi connectivity index (χ2n) is 3.55. The number of oxazole rings is 1. The maximum Gasteiger partial charge on any atom is 0.237 e. The van der Waals surface area contributed by atoms with Crippen LogP contribution >= 0.6 is 0 Å². The van der Waals surface area contributed by atoms with Crippen molar-refractivity contribution in [3.8, 4) is 6.07 Å². The number of carbonyl (C=O) groups is 1. The summed E-state index contributed by atoms with van der Waals surface area (Å²) in [7, 11) is 0. The molecule has 0 aliphatic rings. The van der Waals surface area contributed by atoms with Gasteiger partial charge in [0.2, 0.25) is 11.8 Å².